The third-order valence-corrected chi connectivity index (χ3v) is 3.86. The smallest absolute Gasteiger partial charge is 0.227 e. The third kappa shape index (κ3) is 2.80. The van der Waals surface area contributed by atoms with Gasteiger partial charge in [0, 0.05) is 10.4 Å². The molecule has 1 aromatic carbocycles. The quantitative estimate of drug-likeness (QED) is 0.821. The molecule has 0 bridgehead atoms. The number of nitrogens with one attached hydrogen (secondary N) is 1. The second kappa shape index (κ2) is 5.08. The molecule has 1 saturated carbocycles. The number of hydrogen-bond donors (Lipinski definition) is 2. The molecule has 0 heterocycles. The van der Waals surface area contributed by atoms with Gasteiger partial charge in [0.1, 0.15) is 0 Å². The van der Waals surface area contributed by atoms with Gasteiger partial charge in [-0.2, -0.15) is 0 Å². The Hall–Kier alpha value is -1.03. The van der Waals surface area contributed by atoms with Crippen molar-refractivity contribution < 1.29 is 4.79 Å². The average Bonchev–Trinajstić information content (AvgIpc) is 2.76. The number of benzene rings is 1. The zero-order valence-corrected chi connectivity index (χ0v) is 11.5. The first-order valence-corrected chi connectivity index (χ1v) is 6.73. The molecule has 1 aromatic rings. The van der Waals surface area contributed by atoms with Gasteiger partial charge in [0.2, 0.25) is 5.91 Å². The minimum atomic E-state index is 0.0961. The number of nitrogens with two attached hydrogens (primary N) is 1. The van der Waals surface area contributed by atoms with E-state index in [1.807, 2.05) is 19.1 Å². The van der Waals surface area contributed by atoms with Crippen LogP contribution >= 0.6 is 15.9 Å². The van der Waals surface area contributed by atoms with Crippen LogP contribution in [0.15, 0.2) is 16.6 Å². The van der Waals surface area contributed by atoms with E-state index in [2.05, 4.69) is 21.2 Å². The summed E-state index contributed by atoms with van der Waals surface area (Å²) >= 11 is 3.44. The van der Waals surface area contributed by atoms with E-state index in [1.165, 1.54) is 0 Å². The number of amides is 1. The molecule has 0 aliphatic heterocycles. The second-order valence-corrected chi connectivity index (χ2v) is 5.54. The highest BCUT2D eigenvalue weighted by molar-refractivity contribution is 9.10. The summed E-state index contributed by atoms with van der Waals surface area (Å²) < 4.78 is 0.848. The first-order chi connectivity index (χ1) is 8.08. The molecule has 0 unspecified atom stereocenters. The molecule has 92 valence electrons. The normalized spacial score (nSPS) is 16.1. The predicted octanol–water partition coefficient (Wildman–Crippen LogP) is 3.47. The van der Waals surface area contributed by atoms with Gasteiger partial charge < -0.3 is 11.1 Å². The summed E-state index contributed by atoms with van der Waals surface area (Å²) in [6, 6.07) is 3.83. The molecule has 3 N–H and O–H groups in total. The van der Waals surface area contributed by atoms with Crippen LogP contribution in [-0.4, -0.2) is 5.91 Å². The lowest BCUT2D eigenvalue weighted by atomic mass is 10.1. The Morgan fingerprint density at radius 2 is 2.06 bits per heavy atom. The Morgan fingerprint density at radius 1 is 1.41 bits per heavy atom. The van der Waals surface area contributed by atoms with Crippen LogP contribution in [0.3, 0.4) is 0 Å². The van der Waals surface area contributed by atoms with E-state index in [9.17, 15) is 4.79 Å². The van der Waals surface area contributed by atoms with Gasteiger partial charge in [-0.1, -0.05) is 12.8 Å². The van der Waals surface area contributed by atoms with E-state index >= 15 is 0 Å². The van der Waals surface area contributed by atoms with Crippen molar-refractivity contribution in [2.45, 2.75) is 32.6 Å². The van der Waals surface area contributed by atoms with Gasteiger partial charge in [-0.25, -0.2) is 0 Å². The summed E-state index contributed by atoms with van der Waals surface area (Å²) in [6.45, 7) is 1.98. The highest BCUT2D eigenvalue weighted by Crippen LogP contribution is 2.32. The molecule has 17 heavy (non-hydrogen) atoms. The van der Waals surface area contributed by atoms with Crippen LogP contribution in [0.4, 0.5) is 11.4 Å². The van der Waals surface area contributed by atoms with Crippen molar-refractivity contribution in [3.05, 3.63) is 22.2 Å². The van der Waals surface area contributed by atoms with Crippen molar-refractivity contribution in [1.82, 2.24) is 0 Å². The second-order valence-electron chi connectivity index (χ2n) is 4.68. The van der Waals surface area contributed by atoms with Gasteiger partial charge in [0.05, 0.1) is 11.4 Å². The van der Waals surface area contributed by atoms with Gasteiger partial charge in [-0.3, -0.25) is 4.79 Å². The van der Waals surface area contributed by atoms with Crippen LogP contribution in [0.2, 0.25) is 0 Å². The zero-order valence-electron chi connectivity index (χ0n) is 9.92. The zero-order chi connectivity index (χ0) is 12.4. The van der Waals surface area contributed by atoms with Gasteiger partial charge in [-0.05, 0) is 53.4 Å². The van der Waals surface area contributed by atoms with Gasteiger partial charge in [0.25, 0.3) is 0 Å². The fourth-order valence-electron chi connectivity index (χ4n) is 2.31. The number of carbonyl (C=O) groups excluding carboxylic acids is 1. The monoisotopic (exact) mass is 296 g/mol. The number of rotatable bonds is 2. The van der Waals surface area contributed by atoms with Crippen molar-refractivity contribution in [3.8, 4) is 0 Å². The summed E-state index contributed by atoms with van der Waals surface area (Å²) in [5, 5.41) is 2.94. The molecule has 1 amide bonds. The maximum absolute atomic E-state index is 12.0. The Balaban J connectivity index is 2.15. The maximum Gasteiger partial charge on any atom is 0.227 e. The minimum Gasteiger partial charge on any atom is -0.397 e. The van der Waals surface area contributed by atoms with Crippen molar-refractivity contribution in [1.29, 1.82) is 0 Å². The summed E-state index contributed by atoms with van der Waals surface area (Å²) in [5.74, 6) is 0.251. The molecule has 2 rings (SSSR count). The van der Waals surface area contributed by atoms with E-state index in [-0.39, 0.29) is 11.8 Å². The Morgan fingerprint density at radius 3 is 2.65 bits per heavy atom. The Kier molecular flexibility index (Phi) is 3.72. The summed E-state index contributed by atoms with van der Waals surface area (Å²) in [5.41, 5.74) is 8.32. The molecule has 1 aliphatic rings. The topological polar surface area (TPSA) is 55.1 Å². The van der Waals surface area contributed by atoms with E-state index in [1.54, 1.807) is 0 Å². The fraction of sp³-hybridized carbons (Fsp3) is 0.462. The van der Waals surface area contributed by atoms with Gasteiger partial charge >= 0.3 is 0 Å². The summed E-state index contributed by atoms with van der Waals surface area (Å²) in [6.07, 6.45) is 4.30. The minimum absolute atomic E-state index is 0.0961. The molecular weight excluding hydrogens is 280 g/mol. The lowest BCUT2D eigenvalue weighted by Crippen LogP contribution is -2.21. The first kappa shape index (κ1) is 12.4. The number of anilines is 2. The van der Waals surface area contributed by atoms with Crippen molar-refractivity contribution >= 4 is 33.2 Å². The summed E-state index contributed by atoms with van der Waals surface area (Å²) in [4.78, 5) is 12.0. The molecule has 1 fully saturated rings. The van der Waals surface area contributed by atoms with Gasteiger partial charge in [0.15, 0.2) is 0 Å². The van der Waals surface area contributed by atoms with E-state index in [0.29, 0.717) is 11.4 Å². The molecule has 3 nitrogen and oxygen atoms in total. The largest absolute Gasteiger partial charge is 0.397 e. The van der Waals surface area contributed by atoms with Crippen LogP contribution in [0, 0.1) is 12.8 Å². The van der Waals surface area contributed by atoms with Crippen molar-refractivity contribution in [3.63, 3.8) is 0 Å². The number of carbonyl (C=O) groups is 1. The number of halogens is 1. The molecule has 4 heteroatoms. The average molecular weight is 297 g/mol. The lowest BCUT2D eigenvalue weighted by Gasteiger charge is -2.14. The Labute approximate surface area is 110 Å². The van der Waals surface area contributed by atoms with Gasteiger partial charge in [-0.15, -0.1) is 0 Å². The number of nitrogen functional groups attached to an aromatic ring is 1. The predicted molar refractivity (Wildman–Crippen MR) is 73.9 cm³/mol. The third-order valence-electron chi connectivity index (χ3n) is 3.24. The standard InChI is InChI=1S/C13H17BrN2O/c1-8-6-10(14)12(11(15)7-8)16-13(17)9-4-2-3-5-9/h6-7,9H,2-5,15H2,1H3,(H,16,17). The number of hydrogen-bond acceptors (Lipinski definition) is 2. The molecule has 0 aromatic heterocycles. The van der Waals surface area contributed by atoms with E-state index < -0.39 is 0 Å². The van der Waals surface area contributed by atoms with Crippen LogP contribution < -0.4 is 11.1 Å². The Bertz CT molecular complexity index is 416. The van der Waals surface area contributed by atoms with E-state index in [0.717, 1.165) is 35.7 Å². The first-order valence-electron chi connectivity index (χ1n) is 5.94. The fourth-order valence-corrected chi connectivity index (χ4v) is 3.00. The number of aryl methyl sites for hydroxylation is 1. The van der Waals surface area contributed by atoms with Crippen LogP contribution in [0.5, 0.6) is 0 Å². The molecule has 0 spiro atoms. The molecule has 1 aliphatic carbocycles. The van der Waals surface area contributed by atoms with Crippen LogP contribution in [0.1, 0.15) is 31.2 Å². The maximum atomic E-state index is 12.0. The van der Waals surface area contributed by atoms with Crippen molar-refractivity contribution in [2.24, 2.45) is 5.92 Å². The van der Waals surface area contributed by atoms with Crippen molar-refractivity contribution in [2.75, 3.05) is 11.1 Å². The lowest BCUT2D eigenvalue weighted by molar-refractivity contribution is -0.119. The highest BCUT2D eigenvalue weighted by Gasteiger charge is 2.23. The van der Waals surface area contributed by atoms with Crippen LogP contribution in [-0.2, 0) is 4.79 Å². The summed E-state index contributed by atoms with van der Waals surface area (Å²) in [7, 11) is 0. The van der Waals surface area contributed by atoms with Crippen LogP contribution in [0.25, 0.3) is 0 Å². The molecular formula is C13H17BrN2O. The molecule has 0 atom stereocenters. The SMILES string of the molecule is Cc1cc(N)c(NC(=O)C2CCCC2)c(Br)c1. The van der Waals surface area contributed by atoms with E-state index in [4.69, 9.17) is 5.73 Å². The molecule has 0 saturated heterocycles. The highest BCUT2D eigenvalue weighted by atomic mass is 79.9. The molecule has 0 radical (unpaired) electrons.